The molecule has 0 spiro atoms. The predicted molar refractivity (Wildman–Crippen MR) is 91.6 cm³/mol. The van der Waals surface area contributed by atoms with E-state index in [1.54, 1.807) is 14.2 Å². The molecule has 1 aromatic carbocycles. The van der Waals surface area contributed by atoms with Crippen molar-refractivity contribution in [2.45, 2.75) is 46.5 Å². The first kappa shape index (κ1) is 17.5. The normalized spacial score (nSPS) is 12.4. The number of hydrogen-bond acceptors (Lipinski definition) is 4. The van der Waals surface area contributed by atoms with Crippen LogP contribution >= 0.6 is 0 Å². The quantitative estimate of drug-likeness (QED) is 0.812. The Balaban J connectivity index is 2.04. The molecule has 0 saturated carbocycles. The van der Waals surface area contributed by atoms with Crippen molar-refractivity contribution in [3.05, 3.63) is 46.8 Å². The third kappa shape index (κ3) is 4.33. The molecule has 5 heteroatoms. The summed E-state index contributed by atoms with van der Waals surface area (Å²) in [4.78, 5) is 0. The summed E-state index contributed by atoms with van der Waals surface area (Å²) in [6, 6.07) is 6.46. The summed E-state index contributed by atoms with van der Waals surface area (Å²) in [7, 11) is 3.38. The average molecular weight is 317 g/mol. The van der Waals surface area contributed by atoms with Crippen LogP contribution in [0.15, 0.2) is 24.4 Å². The average Bonchev–Trinajstić information content (AvgIpc) is 2.94. The zero-order valence-corrected chi connectivity index (χ0v) is 14.7. The molecule has 0 radical (unpaired) electrons. The van der Waals surface area contributed by atoms with Crippen LogP contribution in [0.4, 0.5) is 0 Å². The number of benzene rings is 1. The van der Waals surface area contributed by atoms with Gasteiger partial charge >= 0.3 is 0 Å². The lowest BCUT2D eigenvalue weighted by Gasteiger charge is -2.15. The minimum absolute atomic E-state index is 0.253. The van der Waals surface area contributed by atoms with E-state index in [4.69, 9.17) is 9.47 Å². The summed E-state index contributed by atoms with van der Waals surface area (Å²) >= 11 is 0. The molecule has 0 aliphatic carbocycles. The van der Waals surface area contributed by atoms with Crippen molar-refractivity contribution >= 4 is 0 Å². The van der Waals surface area contributed by atoms with Crippen molar-refractivity contribution in [3.63, 3.8) is 0 Å². The van der Waals surface area contributed by atoms with Gasteiger partial charge in [0.05, 0.1) is 19.4 Å². The van der Waals surface area contributed by atoms with E-state index in [9.17, 15) is 0 Å². The van der Waals surface area contributed by atoms with E-state index in [0.717, 1.165) is 30.1 Å². The maximum atomic E-state index is 5.37. The van der Waals surface area contributed by atoms with Crippen LogP contribution in [0.1, 0.15) is 42.3 Å². The third-order valence-electron chi connectivity index (χ3n) is 4.03. The molecule has 2 rings (SSSR count). The summed E-state index contributed by atoms with van der Waals surface area (Å²) in [5.74, 6) is 0.865. The van der Waals surface area contributed by atoms with Crippen molar-refractivity contribution in [3.8, 4) is 5.75 Å². The highest BCUT2D eigenvalue weighted by Crippen LogP contribution is 2.22. The summed E-state index contributed by atoms with van der Waals surface area (Å²) in [5, 5.41) is 8.08. The summed E-state index contributed by atoms with van der Waals surface area (Å²) in [6.07, 6.45) is 2.12. The molecule has 0 fully saturated rings. The predicted octanol–water partition coefficient (Wildman–Crippen LogP) is 3.22. The first-order chi connectivity index (χ1) is 11.1. The van der Waals surface area contributed by atoms with Crippen molar-refractivity contribution in [1.82, 2.24) is 15.1 Å². The van der Waals surface area contributed by atoms with E-state index < -0.39 is 0 Å². The molecule has 0 saturated heterocycles. The Kier molecular flexibility index (Phi) is 6.19. The summed E-state index contributed by atoms with van der Waals surface area (Å²) in [5.41, 5.74) is 4.61. The molecule has 0 amide bonds. The standard InChI is InChI=1S/C18H27N3O2/c1-6-21-11-17(14(3)20-21)13(2)19-10-15-7-8-18(23-5)16(9-15)12-22-4/h7-9,11,13,19H,6,10,12H2,1-5H3. The molecule has 126 valence electrons. The monoisotopic (exact) mass is 317 g/mol. The van der Waals surface area contributed by atoms with Gasteiger partial charge in [0, 0.05) is 43.6 Å². The van der Waals surface area contributed by atoms with Crippen molar-refractivity contribution in [2.24, 2.45) is 0 Å². The molecule has 0 aliphatic rings. The molecule has 1 atom stereocenters. The fraction of sp³-hybridized carbons (Fsp3) is 0.500. The van der Waals surface area contributed by atoms with Crippen LogP contribution in [0.3, 0.4) is 0 Å². The highest BCUT2D eigenvalue weighted by atomic mass is 16.5. The van der Waals surface area contributed by atoms with E-state index in [1.165, 1.54) is 11.1 Å². The summed E-state index contributed by atoms with van der Waals surface area (Å²) in [6.45, 7) is 8.57. The smallest absolute Gasteiger partial charge is 0.124 e. The van der Waals surface area contributed by atoms with Gasteiger partial charge in [0.2, 0.25) is 0 Å². The van der Waals surface area contributed by atoms with Gasteiger partial charge in [-0.3, -0.25) is 4.68 Å². The second-order valence-corrected chi connectivity index (χ2v) is 5.71. The zero-order chi connectivity index (χ0) is 16.8. The van der Waals surface area contributed by atoms with Crippen LogP contribution in [0, 0.1) is 6.92 Å². The maximum absolute atomic E-state index is 5.37. The van der Waals surface area contributed by atoms with Gasteiger partial charge in [-0.1, -0.05) is 6.07 Å². The highest BCUT2D eigenvalue weighted by Gasteiger charge is 2.12. The Labute approximate surface area is 138 Å². The van der Waals surface area contributed by atoms with E-state index in [0.29, 0.717) is 6.61 Å². The third-order valence-corrected chi connectivity index (χ3v) is 4.03. The topological polar surface area (TPSA) is 48.3 Å². The van der Waals surface area contributed by atoms with Crippen LogP contribution in [-0.2, 0) is 24.4 Å². The lowest BCUT2D eigenvalue weighted by Crippen LogP contribution is -2.18. The molecule has 2 aromatic rings. The molecule has 23 heavy (non-hydrogen) atoms. The molecule has 0 bridgehead atoms. The van der Waals surface area contributed by atoms with E-state index in [1.807, 2.05) is 10.7 Å². The fourth-order valence-electron chi connectivity index (χ4n) is 2.71. The molecular formula is C18H27N3O2. The molecule has 0 aliphatic heterocycles. The molecule has 5 nitrogen and oxygen atoms in total. The number of methoxy groups -OCH3 is 2. The number of ether oxygens (including phenoxy) is 2. The minimum Gasteiger partial charge on any atom is -0.496 e. The zero-order valence-electron chi connectivity index (χ0n) is 14.7. The molecule has 1 N–H and O–H groups in total. The van der Waals surface area contributed by atoms with Gasteiger partial charge in [0.25, 0.3) is 0 Å². The molecule has 1 unspecified atom stereocenters. The highest BCUT2D eigenvalue weighted by molar-refractivity contribution is 5.37. The Morgan fingerprint density at radius 1 is 1.30 bits per heavy atom. The summed E-state index contributed by atoms with van der Waals surface area (Å²) < 4.78 is 12.6. The van der Waals surface area contributed by atoms with Crippen LogP contribution in [0.2, 0.25) is 0 Å². The second kappa shape index (κ2) is 8.13. The number of aryl methyl sites for hydroxylation is 2. The Morgan fingerprint density at radius 2 is 2.09 bits per heavy atom. The first-order valence-electron chi connectivity index (χ1n) is 8.01. The van der Waals surface area contributed by atoms with Crippen molar-refractivity contribution in [1.29, 1.82) is 0 Å². The van der Waals surface area contributed by atoms with Gasteiger partial charge in [0.15, 0.2) is 0 Å². The van der Waals surface area contributed by atoms with Crippen LogP contribution < -0.4 is 10.1 Å². The lowest BCUT2D eigenvalue weighted by atomic mass is 10.1. The van der Waals surface area contributed by atoms with Crippen LogP contribution in [-0.4, -0.2) is 24.0 Å². The number of aromatic nitrogens is 2. The fourth-order valence-corrected chi connectivity index (χ4v) is 2.71. The van der Waals surface area contributed by atoms with E-state index in [-0.39, 0.29) is 6.04 Å². The largest absolute Gasteiger partial charge is 0.496 e. The van der Waals surface area contributed by atoms with Crippen LogP contribution in [0.25, 0.3) is 0 Å². The van der Waals surface area contributed by atoms with Gasteiger partial charge < -0.3 is 14.8 Å². The number of rotatable bonds is 8. The van der Waals surface area contributed by atoms with E-state index >= 15 is 0 Å². The Morgan fingerprint density at radius 3 is 2.70 bits per heavy atom. The number of hydrogen-bond donors (Lipinski definition) is 1. The van der Waals surface area contributed by atoms with E-state index in [2.05, 4.69) is 49.5 Å². The minimum atomic E-state index is 0.253. The van der Waals surface area contributed by atoms with Crippen molar-refractivity contribution < 1.29 is 9.47 Å². The van der Waals surface area contributed by atoms with Gasteiger partial charge in [-0.15, -0.1) is 0 Å². The SMILES string of the molecule is CCn1cc(C(C)NCc2ccc(OC)c(COC)c2)c(C)n1. The second-order valence-electron chi connectivity index (χ2n) is 5.71. The van der Waals surface area contributed by atoms with Gasteiger partial charge in [-0.05, 0) is 38.5 Å². The Hall–Kier alpha value is -1.85. The molecule has 1 heterocycles. The van der Waals surface area contributed by atoms with Gasteiger partial charge in [0.1, 0.15) is 5.75 Å². The maximum Gasteiger partial charge on any atom is 0.124 e. The number of nitrogens with zero attached hydrogens (tertiary/aromatic N) is 2. The lowest BCUT2D eigenvalue weighted by molar-refractivity contribution is 0.181. The van der Waals surface area contributed by atoms with Gasteiger partial charge in [-0.2, -0.15) is 5.10 Å². The number of nitrogens with one attached hydrogen (secondary N) is 1. The van der Waals surface area contributed by atoms with Crippen molar-refractivity contribution in [2.75, 3.05) is 14.2 Å². The first-order valence-corrected chi connectivity index (χ1v) is 8.01. The molecule has 1 aromatic heterocycles. The Bertz CT molecular complexity index is 637. The van der Waals surface area contributed by atoms with Gasteiger partial charge in [-0.25, -0.2) is 0 Å². The molecular weight excluding hydrogens is 290 g/mol. The van der Waals surface area contributed by atoms with Crippen LogP contribution in [0.5, 0.6) is 5.75 Å².